The topological polar surface area (TPSA) is 57.8 Å². The molecule has 5 heteroatoms. The highest BCUT2D eigenvalue weighted by molar-refractivity contribution is 6.31. The Bertz CT molecular complexity index is 963. The highest BCUT2D eigenvalue weighted by Gasteiger charge is 2.16. The Morgan fingerprint density at radius 3 is 2.56 bits per heavy atom. The number of aromatic amines is 1. The first-order valence-corrected chi connectivity index (χ1v) is 9.86. The van der Waals surface area contributed by atoms with Crippen molar-refractivity contribution in [2.75, 3.05) is 0 Å². The van der Waals surface area contributed by atoms with Crippen LogP contribution in [0.25, 0.3) is 10.9 Å². The molecule has 0 bridgehead atoms. The SMILES string of the molecule is CCCc1ccc([C@@H](NCc2nc3cc(Cl)ccc3c(=O)[nH]2)C(C)C)cc1. The quantitative estimate of drug-likeness (QED) is 0.602. The molecule has 2 N–H and O–H groups in total. The zero-order valence-corrected chi connectivity index (χ0v) is 16.8. The molecule has 1 atom stereocenters. The number of halogens is 1. The minimum absolute atomic E-state index is 0.140. The largest absolute Gasteiger partial charge is 0.309 e. The second-order valence-corrected chi connectivity index (χ2v) is 7.70. The minimum atomic E-state index is -0.140. The molecule has 2 aromatic carbocycles. The van der Waals surface area contributed by atoms with Gasteiger partial charge in [0.05, 0.1) is 17.4 Å². The summed E-state index contributed by atoms with van der Waals surface area (Å²) in [5.74, 6) is 1.02. The lowest BCUT2D eigenvalue weighted by Crippen LogP contribution is -2.27. The van der Waals surface area contributed by atoms with E-state index in [1.54, 1.807) is 18.2 Å². The van der Waals surface area contributed by atoms with Crippen molar-refractivity contribution in [3.8, 4) is 0 Å². The number of nitrogens with zero attached hydrogens (tertiary/aromatic N) is 1. The van der Waals surface area contributed by atoms with Crippen LogP contribution in [-0.4, -0.2) is 9.97 Å². The van der Waals surface area contributed by atoms with Gasteiger partial charge in [-0.2, -0.15) is 0 Å². The maximum Gasteiger partial charge on any atom is 0.258 e. The first-order chi connectivity index (χ1) is 13.0. The number of H-pyrrole nitrogens is 1. The molecule has 1 heterocycles. The summed E-state index contributed by atoms with van der Waals surface area (Å²) in [6, 6.07) is 14.1. The van der Waals surface area contributed by atoms with Crippen LogP contribution in [-0.2, 0) is 13.0 Å². The molecule has 0 saturated carbocycles. The predicted molar refractivity (Wildman–Crippen MR) is 112 cm³/mol. The van der Waals surface area contributed by atoms with Crippen molar-refractivity contribution in [2.24, 2.45) is 5.92 Å². The van der Waals surface area contributed by atoms with E-state index < -0.39 is 0 Å². The van der Waals surface area contributed by atoms with Crippen LogP contribution in [0.4, 0.5) is 0 Å². The number of nitrogens with one attached hydrogen (secondary N) is 2. The van der Waals surface area contributed by atoms with Gasteiger partial charge in [-0.3, -0.25) is 4.79 Å². The van der Waals surface area contributed by atoms with E-state index in [0.717, 1.165) is 12.8 Å². The van der Waals surface area contributed by atoms with Crippen LogP contribution in [0.3, 0.4) is 0 Å². The normalized spacial score (nSPS) is 12.6. The van der Waals surface area contributed by atoms with E-state index in [-0.39, 0.29) is 11.6 Å². The number of hydrogen-bond acceptors (Lipinski definition) is 3. The first kappa shape index (κ1) is 19.6. The van der Waals surface area contributed by atoms with E-state index in [9.17, 15) is 4.79 Å². The van der Waals surface area contributed by atoms with Gasteiger partial charge in [-0.15, -0.1) is 0 Å². The summed E-state index contributed by atoms with van der Waals surface area (Å²) in [6.07, 6.45) is 2.25. The number of aryl methyl sites for hydroxylation is 1. The Morgan fingerprint density at radius 2 is 1.89 bits per heavy atom. The van der Waals surface area contributed by atoms with Crippen molar-refractivity contribution in [1.29, 1.82) is 0 Å². The molecule has 3 aromatic rings. The van der Waals surface area contributed by atoms with Gasteiger partial charge in [0.1, 0.15) is 5.82 Å². The highest BCUT2D eigenvalue weighted by atomic mass is 35.5. The third-order valence-electron chi connectivity index (χ3n) is 4.75. The average Bonchev–Trinajstić information content (AvgIpc) is 2.63. The molecule has 142 valence electrons. The lowest BCUT2D eigenvalue weighted by molar-refractivity contribution is 0.406. The monoisotopic (exact) mass is 383 g/mol. The van der Waals surface area contributed by atoms with Gasteiger partial charge >= 0.3 is 0 Å². The summed E-state index contributed by atoms with van der Waals surface area (Å²) in [6.45, 7) is 7.05. The summed E-state index contributed by atoms with van der Waals surface area (Å²) in [5.41, 5.74) is 3.09. The van der Waals surface area contributed by atoms with Crippen LogP contribution in [0.2, 0.25) is 5.02 Å². The van der Waals surface area contributed by atoms with Crippen molar-refractivity contribution < 1.29 is 0 Å². The van der Waals surface area contributed by atoms with Crippen molar-refractivity contribution in [3.63, 3.8) is 0 Å². The standard InChI is InChI=1S/C22H26ClN3O/c1-4-5-15-6-8-16(9-7-15)21(14(2)3)24-13-20-25-19-12-17(23)10-11-18(19)22(27)26-20/h6-12,14,21,24H,4-5,13H2,1-3H3,(H,25,26,27)/t21-/m0/s1. The van der Waals surface area contributed by atoms with Crippen molar-refractivity contribution in [2.45, 2.75) is 46.2 Å². The average molecular weight is 384 g/mol. The lowest BCUT2D eigenvalue weighted by Gasteiger charge is -2.23. The minimum Gasteiger partial charge on any atom is -0.309 e. The van der Waals surface area contributed by atoms with Gasteiger partial charge in [0.2, 0.25) is 0 Å². The lowest BCUT2D eigenvalue weighted by atomic mass is 9.94. The van der Waals surface area contributed by atoms with Crippen LogP contribution >= 0.6 is 11.6 Å². The maximum atomic E-state index is 12.3. The van der Waals surface area contributed by atoms with Crippen LogP contribution in [0.15, 0.2) is 47.3 Å². The van der Waals surface area contributed by atoms with E-state index in [4.69, 9.17) is 11.6 Å². The summed E-state index contributed by atoms with van der Waals surface area (Å²) in [4.78, 5) is 19.7. The number of fused-ring (bicyclic) bond motifs is 1. The fourth-order valence-electron chi connectivity index (χ4n) is 3.37. The number of aromatic nitrogens is 2. The molecule has 4 nitrogen and oxygen atoms in total. The number of benzene rings is 2. The third kappa shape index (κ3) is 4.76. The molecule has 1 aromatic heterocycles. The Morgan fingerprint density at radius 1 is 1.15 bits per heavy atom. The zero-order chi connectivity index (χ0) is 19.4. The molecular weight excluding hydrogens is 358 g/mol. The van der Waals surface area contributed by atoms with E-state index >= 15 is 0 Å². The maximum absolute atomic E-state index is 12.3. The molecule has 3 rings (SSSR count). The molecule has 0 saturated heterocycles. The molecule has 0 aliphatic rings. The van der Waals surface area contributed by atoms with Crippen molar-refractivity contribution in [1.82, 2.24) is 15.3 Å². The zero-order valence-electron chi connectivity index (χ0n) is 16.1. The van der Waals surface area contributed by atoms with Gasteiger partial charge in [-0.1, -0.05) is 63.1 Å². The van der Waals surface area contributed by atoms with Gasteiger partial charge in [-0.25, -0.2) is 4.98 Å². The smallest absolute Gasteiger partial charge is 0.258 e. The summed E-state index contributed by atoms with van der Waals surface area (Å²) < 4.78 is 0. The first-order valence-electron chi connectivity index (χ1n) is 9.48. The molecule has 0 fully saturated rings. The van der Waals surface area contributed by atoms with Gasteiger partial charge in [0.15, 0.2) is 0 Å². The van der Waals surface area contributed by atoms with Crippen LogP contribution in [0.5, 0.6) is 0 Å². The Hall–Kier alpha value is -2.17. The Labute approximate surface area is 165 Å². The second-order valence-electron chi connectivity index (χ2n) is 7.27. The van der Waals surface area contributed by atoms with E-state index in [2.05, 4.69) is 60.3 Å². The van der Waals surface area contributed by atoms with E-state index in [1.807, 2.05) is 0 Å². The molecule has 0 unspecified atom stereocenters. The Balaban J connectivity index is 1.80. The fraction of sp³-hybridized carbons (Fsp3) is 0.364. The molecule has 0 aliphatic heterocycles. The third-order valence-corrected chi connectivity index (χ3v) is 4.99. The number of rotatable bonds is 7. The highest BCUT2D eigenvalue weighted by Crippen LogP contribution is 2.23. The molecule has 0 amide bonds. The molecule has 0 spiro atoms. The predicted octanol–water partition coefficient (Wildman–Crippen LogP) is 5.02. The number of hydrogen-bond donors (Lipinski definition) is 2. The molecule has 0 aliphatic carbocycles. The second kappa shape index (κ2) is 8.68. The van der Waals surface area contributed by atoms with Crippen LogP contribution < -0.4 is 10.9 Å². The Kier molecular flexibility index (Phi) is 6.30. The summed E-state index contributed by atoms with van der Waals surface area (Å²) in [5, 5.41) is 4.67. The summed E-state index contributed by atoms with van der Waals surface area (Å²) >= 11 is 6.04. The van der Waals surface area contributed by atoms with Crippen LogP contribution in [0, 0.1) is 5.92 Å². The van der Waals surface area contributed by atoms with Crippen LogP contribution in [0.1, 0.15) is 50.2 Å². The van der Waals surface area contributed by atoms with Gasteiger partial charge in [-0.05, 0) is 41.7 Å². The molecular formula is C22H26ClN3O. The van der Waals surface area contributed by atoms with E-state index in [0.29, 0.717) is 34.2 Å². The molecule has 27 heavy (non-hydrogen) atoms. The molecule has 0 radical (unpaired) electrons. The fourth-order valence-corrected chi connectivity index (χ4v) is 3.54. The van der Waals surface area contributed by atoms with Crippen molar-refractivity contribution in [3.05, 3.63) is 74.8 Å². The van der Waals surface area contributed by atoms with Gasteiger partial charge in [0, 0.05) is 11.1 Å². The summed E-state index contributed by atoms with van der Waals surface area (Å²) in [7, 11) is 0. The van der Waals surface area contributed by atoms with Gasteiger partial charge < -0.3 is 10.3 Å². The van der Waals surface area contributed by atoms with Gasteiger partial charge in [0.25, 0.3) is 5.56 Å². The van der Waals surface area contributed by atoms with E-state index in [1.165, 1.54) is 11.1 Å². The van der Waals surface area contributed by atoms with Crippen molar-refractivity contribution >= 4 is 22.5 Å².